The van der Waals surface area contributed by atoms with Crippen molar-refractivity contribution in [1.82, 2.24) is 5.32 Å². The van der Waals surface area contributed by atoms with Gasteiger partial charge in [-0.05, 0) is 59.0 Å². The molecule has 1 nitrogen and oxygen atoms in total. The Balaban J connectivity index is 1.85. The molecule has 0 bridgehead atoms. The van der Waals surface area contributed by atoms with E-state index in [1.54, 1.807) is 0 Å². The van der Waals surface area contributed by atoms with Crippen LogP contribution in [0.5, 0.6) is 0 Å². The topological polar surface area (TPSA) is 12.0 Å². The Labute approximate surface area is 119 Å². The fraction of sp³-hybridized carbons (Fsp3) is 0.263. The molecular weight excluding hydrogens is 242 g/mol. The zero-order chi connectivity index (χ0) is 13.4. The molecule has 0 aliphatic carbocycles. The highest BCUT2D eigenvalue weighted by atomic mass is 14.9. The van der Waals surface area contributed by atoms with Crippen molar-refractivity contribution in [3.8, 4) is 0 Å². The first-order valence-corrected chi connectivity index (χ1v) is 7.54. The van der Waals surface area contributed by atoms with E-state index in [2.05, 4.69) is 59.9 Å². The molecule has 0 amide bonds. The van der Waals surface area contributed by atoms with Crippen molar-refractivity contribution in [2.24, 2.45) is 0 Å². The largest absolute Gasteiger partial charge is 0.317 e. The minimum Gasteiger partial charge on any atom is -0.317 e. The van der Waals surface area contributed by atoms with Crippen molar-refractivity contribution >= 4 is 21.5 Å². The van der Waals surface area contributed by atoms with Gasteiger partial charge in [0.15, 0.2) is 0 Å². The van der Waals surface area contributed by atoms with Crippen LogP contribution >= 0.6 is 0 Å². The fourth-order valence-corrected chi connectivity index (χ4v) is 3.44. The standard InChI is InChI=1S/C19H19N/c1-2-4-18-15(3-1)5-6-17-13-16(7-8-19(17)18)14-9-11-20-12-10-14/h1-8,13-14,20H,9-12H2. The third-order valence-corrected chi connectivity index (χ3v) is 4.58. The van der Waals surface area contributed by atoms with Crippen molar-refractivity contribution in [2.45, 2.75) is 18.8 Å². The second-order valence-corrected chi connectivity index (χ2v) is 5.79. The van der Waals surface area contributed by atoms with Crippen LogP contribution in [0.3, 0.4) is 0 Å². The lowest BCUT2D eigenvalue weighted by molar-refractivity contribution is 0.460. The van der Waals surface area contributed by atoms with Gasteiger partial charge in [0.1, 0.15) is 0 Å². The molecule has 0 unspecified atom stereocenters. The smallest absolute Gasteiger partial charge is 0.00431 e. The molecule has 1 N–H and O–H groups in total. The Hall–Kier alpha value is -1.86. The molecule has 1 saturated heterocycles. The zero-order valence-electron chi connectivity index (χ0n) is 11.6. The van der Waals surface area contributed by atoms with Gasteiger partial charge in [0, 0.05) is 0 Å². The summed E-state index contributed by atoms with van der Waals surface area (Å²) in [5, 5.41) is 8.89. The highest BCUT2D eigenvalue weighted by molar-refractivity contribution is 6.07. The van der Waals surface area contributed by atoms with E-state index in [9.17, 15) is 0 Å². The average molecular weight is 261 g/mol. The summed E-state index contributed by atoms with van der Waals surface area (Å²) in [6.07, 6.45) is 2.53. The molecule has 0 spiro atoms. The summed E-state index contributed by atoms with van der Waals surface area (Å²) >= 11 is 0. The molecule has 3 aromatic carbocycles. The van der Waals surface area contributed by atoms with Crippen molar-refractivity contribution in [2.75, 3.05) is 13.1 Å². The summed E-state index contributed by atoms with van der Waals surface area (Å²) in [6, 6.07) is 20.2. The molecule has 1 fully saturated rings. The van der Waals surface area contributed by atoms with Crippen molar-refractivity contribution < 1.29 is 0 Å². The van der Waals surface area contributed by atoms with Gasteiger partial charge in [-0.15, -0.1) is 0 Å². The summed E-state index contributed by atoms with van der Waals surface area (Å²) in [7, 11) is 0. The van der Waals surface area contributed by atoms with Crippen LogP contribution in [0.4, 0.5) is 0 Å². The van der Waals surface area contributed by atoms with Crippen LogP contribution in [0.15, 0.2) is 54.6 Å². The average Bonchev–Trinajstić information content (AvgIpc) is 2.55. The van der Waals surface area contributed by atoms with Gasteiger partial charge in [0.25, 0.3) is 0 Å². The first kappa shape index (κ1) is 11.9. The van der Waals surface area contributed by atoms with E-state index < -0.39 is 0 Å². The molecule has 0 atom stereocenters. The predicted molar refractivity (Wildman–Crippen MR) is 86.3 cm³/mol. The molecule has 1 heteroatoms. The first-order valence-electron chi connectivity index (χ1n) is 7.54. The Kier molecular flexibility index (Phi) is 2.93. The number of hydrogen-bond donors (Lipinski definition) is 1. The normalized spacial score (nSPS) is 16.8. The number of benzene rings is 3. The molecule has 100 valence electrons. The van der Waals surface area contributed by atoms with Gasteiger partial charge in [-0.1, -0.05) is 54.6 Å². The highest BCUT2D eigenvalue weighted by Gasteiger charge is 2.15. The van der Waals surface area contributed by atoms with E-state index in [1.165, 1.54) is 39.9 Å². The third kappa shape index (κ3) is 1.99. The van der Waals surface area contributed by atoms with Crippen LogP contribution in [0.25, 0.3) is 21.5 Å². The molecule has 1 heterocycles. The van der Waals surface area contributed by atoms with Crippen LogP contribution in [0.2, 0.25) is 0 Å². The van der Waals surface area contributed by atoms with Gasteiger partial charge < -0.3 is 5.32 Å². The summed E-state index contributed by atoms with van der Waals surface area (Å²) < 4.78 is 0. The van der Waals surface area contributed by atoms with Crippen LogP contribution in [0, 0.1) is 0 Å². The van der Waals surface area contributed by atoms with Crippen LogP contribution in [-0.2, 0) is 0 Å². The molecular formula is C19H19N. The fourth-order valence-electron chi connectivity index (χ4n) is 3.44. The second kappa shape index (κ2) is 4.92. The summed E-state index contributed by atoms with van der Waals surface area (Å²) in [5.41, 5.74) is 1.51. The summed E-state index contributed by atoms with van der Waals surface area (Å²) in [4.78, 5) is 0. The monoisotopic (exact) mass is 261 g/mol. The van der Waals surface area contributed by atoms with Gasteiger partial charge in [-0.2, -0.15) is 0 Å². The Bertz CT molecular complexity index is 754. The number of nitrogens with one attached hydrogen (secondary N) is 1. The molecule has 4 rings (SSSR count). The maximum atomic E-state index is 3.45. The van der Waals surface area contributed by atoms with Crippen molar-refractivity contribution in [3.63, 3.8) is 0 Å². The van der Waals surface area contributed by atoms with Crippen LogP contribution in [0.1, 0.15) is 24.3 Å². The Morgan fingerprint density at radius 3 is 2.40 bits per heavy atom. The Morgan fingerprint density at radius 1 is 0.750 bits per heavy atom. The molecule has 1 aliphatic rings. The van der Waals surface area contributed by atoms with E-state index in [4.69, 9.17) is 0 Å². The lowest BCUT2D eigenvalue weighted by Crippen LogP contribution is -2.26. The molecule has 0 radical (unpaired) electrons. The van der Waals surface area contributed by atoms with E-state index in [-0.39, 0.29) is 0 Å². The molecule has 20 heavy (non-hydrogen) atoms. The van der Waals surface area contributed by atoms with Crippen LogP contribution < -0.4 is 5.32 Å². The van der Waals surface area contributed by atoms with Gasteiger partial charge in [-0.3, -0.25) is 0 Å². The zero-order valence-corrected chi connectivity index (χ0v) is 11.6. The van der Waals surface area contributed by atoms with Crippen LogP contribution in [-0.4, -0.2) is 13.1 Å². The first-order chi connectivity index (χ1) is 9.92. The quantitative estimate of drug-likeness (QED) is 0.638. The van der Waals surface area contributed by atoms with Crippen molar-refractivity contribution in [3.05, 3.63) is 60.2 Å². The number of hydrogen-bond acceptors (Lipinski definition) is 1. The minimum absolute atomic E-state index is 0.729. The minimum atomic E-state index is 0.729. The number of rotatable bonds is 1. The maximum Gasteiger partial charge on any atom is -0.00431 e. The predicted octanol–water partition coefficient (Wildman–Crippen LogP) is 4.46. The third-order valence-electron chi connectivity index (χ3n) is 4.58. The maximum absolute atomic E-state index is 3.45. The van der Waals surface area contributed by atoms with Gasteiger partial charge in [0.05, 0.1) is 0 Å². The van der Waals surface area contributed by atoms with E-state index in [0.29, 0.717) is 0 Å². The Morgan fingerprint density at radius 2 is 1.50 bits per heavy atom. The van der Waals surface area contributed by atoms with E-state index in [0.717, 1.165) is 19.0 Å². The van der Waals surface area contributed by atoms with Gasteiger partial charge >= 0.3 is 0 Å². The second-order valence-electron chi connectivity index (χ2n) is 5.79. The summed E-state index contributed by atoms with van der Waals surface area (Å²) in [6.45, 7) is 2.31. The lowest BCUT2D eigenvalue weighted by atomic mass is 9.88. The number of fused-ring (bicyclic) bond motifs is 3. The summed E-state index contributed by atoms with van der Waals surface area (Å²) in [5.74, 6) is 0.729. The van der Waals surface area contributed by atoms with Gasteiger partial charge in [0.2, 0.25) is 0 Å². The molecule has 0 saturated carbocycles. The SMILES string of the molecule is c1ccc2c(c1)ccc1cc(C3CCNCC3)ccc12. The lowest BCUT2D eigenvalue weighted by Gasteiger charge is -2.23. The molecule has 3 aromatic rings. The molecule has 1 aliphatic heterocycles. The highest BCUT2D eigenvalue weighted by Crippen LogP contribution is 2.31. The van der Waals surface area contributed by atoms with Gasteiger partial charge in [-0.25, -0.2) is 0 Å². The van der Waals surface area contributed by atoms with E-state index in [1.807, 2.05) is 0 Å². The van der Waals surface area contributed by atoms with E-state index >= 15 is 0 Å². The van der Waals surface area contributed by atoms with Crippen molar-refractivity contribution in [1.29, 1.82) is 0 Å². The molecule has 0 aromatic heterocycles. The number of piperidine rings is 1.